The first-order valence-corrected chi connectivity index (χ1v) is 11.7. The van der Waals surface area contributed by atoms with Crippen molar-refractivity contribution in [3.8, 4) is 5.75 Å². The van der Waals surface area contributed by atoms with Crippen LogP contribution in [-0.4, -0.2) is 35.4 Å². The van der Waals surface area contributed by atoms with Crippen LogP contribution in [0.5, 0.6) is 5.75 Å². The molecule has 0 N–H and O–H groups in total. The van der Waals surface area contributed by atoms with Crippen molar-refractivity contribution in [1.29, 1.82) is 0 Å². The Balaban J connectivity index is 1.34. The zero-order valence-corrected chi connectivity index (χ0v) is 18.3. The molecule has 0 radical (unpaired) electrons. The number of ether oxygens (including phenoxy) is 2. The molecular formula is C22H24N2O3S2. The fraction of sp³-hybridized carbons (Fsp3) is 0.409. The molecule has 2 aromatic heterocycles. The van der Waals surface area contributed by atoms with Crippen LogP contribution in [0.2, 0.25) is 0 Å². The summed E-state index contributed by atoms with van der Waals surface area (Å²) in [4.78, 5) is 23.6. The lowest BCUT2D eigenvalue weighted by Gasteiger charge is -2.12. The second kappa shape index (κ2) is 9.13. The summed E-state index contributed by atoms with van der Waals surface area (Å²) >= 11 is 3.65. The molecule has 0 saturated heterocycles. The average molecular weight is 429 g/mol. The van der Waals surface area contributed by atoms with Gasteiger partial charge in [0.1, 0.15) is 21.4 Å². The molecule has 1 aliphatic rings. The molecule has 0 bridgehead atoms. The normalized spacial score (nSPS) is 13.3. The van der Waals surface area contributed by atoms with Gasteiger partial charge in [-0.05, 0) is 68.9 Å². The summed E-state index contributed by atoms with van der Waals surface area (Å²) in [7, 11) is 1.38. The van der Waals surface area contributed by atoms with Gasteiger partial charge in [-0.15, -0.1) is 23.1 Å². The number of carbonyl (C=O) groups excluding carboxylic acids is 1. The van der Waals surface area contributed by atoms with Gasteiger partial charge in [-0.25, -0.2) is 14.8 Å². The molecule has 1 aromatic carbocycles. The molecule has 0 saturated carbocycles. The summed E-state index contributed by atoms with van der Waals surface area (Å²) in [6.45, 7) is 2.60. The van der Waals surface area contributed by atoms with Gasteiger partial charge in [0.05, 0.1) is 19.3 Å². The second-order valence-corrected chi connectivity index (χ2v) is 9.20. The third-order valence-corrected chi connectivity index (χ3v) is 7.21. The van der Waals surface area contributed by atoms with Crippen LogP contribution in [0.25, 0.3) is 10.2 Å². The van der Waals surface area contributed by atoms with E-state index in [1.165, 1.54) is 42.2 Å². The summed E-state index contributed by atoms with van der Waals surface area (Å²) in [5.41, 5.74) is 2.01. The fourth-order valence-electron chi connectivity index (χ4n) is 3.55. The molecule has 0 amide bonds. The van der Waals surface area contributed by atoms with Crippen LogP contribution in [0.3, 0.4) is 0 Å². The van der Waals surface area contributed by atoms with E-state index in [2.05, 4.69) is 4.98 Å². The number of hydrogen-bond acceptors (Lipinski definition) is 7. The topological polar surface area (TPSA) is 61.3 Å². The molecule has 152 valence electrons. The third kappa shape index (κ3) is 4.56. The van der Waals surface area contributed by atoms with E-state index >= 15 is 0 Å². The molecule has 3 aromatic rings. The SMILES string of the molecule is COC(=O)c1ccc(OCCCSc2nc(C)nc3sc4c(c23)CCCC4)cc1. The highest BCUT2D eigenvalue weighted by molar-refractivity contribution is 7.99. The van der Waals surface area contributed by atoms with Gasteiger partial charge in [-0.1, -0.05) is 0 Å². The van der Waals surface area contributed by atoms with Gasteiger partial charge in [0, 0.05) is 16.0 Å². The number of nitrogens with zero attached hydrogens (tertiary/aromatic N) is 2. The quantitative estimate of drug-likeness (QED) is 0.222. The Morgan fingerprint density at radius 1 is 1.17 bits per heavy atom. The van der Waals surface area contributed by atoms with Gasteiger partial charge in [-0.2, -0.15) is 0 Å². The summed E-state index contributed by atoms with van der Waals surface area (Å²) < 4.78 is 10.5. The molecular weight excluding hydrogens is 404 g/mol. The molecule has 0 unspecified atom stereocenters. The van der Waals surface area contributed by atoms with Gasteiger partial charge in [0.2, 0.25) is 0 Å². The number of thioether (sulfide) groups is 1. The Kier molecular flexibility index (Phi) is 6.35. The number of aromatic nitrogens is 2. The van der Waals surface area contributed by atoms with Crippen molar-refractivity contribution >= 4 is 39.3 Å². The van der Waals surface area contributed by atoms with Crippen LogP contribution in [-0.2, 0) is 17.6 Å². The monoisotopic (exact) mass is 428 g/mol. The highest BCUT2D eigenvalue weighted by Crippen LogP contribution is 2.39. The van der Waals surface area contributed by atoms with E-state index in [4.69, 9.17) is 14.5 Å². The first kappa shape index (κ1) is 20.2. The van der Waals surface area contributed by atoms with Crippen LogP contribution < -0.4 is 4.74 Å². The summed E-state index contributed by atoms with van der Waals surface area (Å²) in [5.74, 6) is 2.21. The molecule has 0 atom stereocenters. The van der Waals surface area contributed by atoms with Crippen molar-refractivity contribution in [3.63, 3.8) is 0 Å². The maximum atomic E-state index is 11.5. The third-order valence-electron chi connectivity index (χ3n) is 4.96. The summed E-state index contributed by atoms with van der Waals surface area (Å²) in [6, 6.07) is 7.04. The number of methoxy groups -OCH3 is 1. The van der Waals surface area contributed by atoms with Crippen molar-refractivity contribution in [1.82, 2.24) is 9.97 Å². The number of rotatable bonds is 7. The van der Waals surface area contributed by atoms with E-state index in [9.17, 15) is 4.79 Å². The highest BCUT2D eigenvalue weighted by atomic mass is 32.2. The first-order chi connectivity index (χ1) is 14.2. The smallest absolute Gasteiger partial charge is 0.337 e. The Morgan fingerprint density at radius 3 is 2.76 bits per heavy atom. The molecule has 7 heteroatoms. The average Bonchev–Trinajstić information content (AvgIpc) is 3.11. The molecule has 2 heterocycles. The molecule has 5 nitrogen and oxygen atoms in total. The predicted octanol–water partition coefficient (Wildman–Crippen LogP) is 5.23. The van der Waals surface area contributed by atoms with Gasteiger partial charge in [0.25, 0.3) is 0 Å². The molecule has 29 heavy (non-hydrogen) atoms. The van der Waals surface area contributed by atoms with E-state index in [1.54, 1.807) is 36.0 Å². The Bertz CT molecular complexity index is 1020. The number of hydrogen-bond donors (Lipinski definition) is 0. The van der Waals surface area contributed by atoms with Gasteiger partial charge in [-0.3, -0.25) is 0 Å². The van der Waals surface area contributed by atoms with Gasteiger partial charge >= 0.3 is 5.97 Å². The number of thiophene rings is 1. The Labute approximate surface area is 178 Å². The van der Waals surface area contributed by atoms with Gasteiger partial charge < -0.3 is 9.47 Å². The number of fused-ring (bicyclic) bond motifs is 3. The largest absolute Gasteiger partial charge is 0.494 e. The van der Waals surface area contributed by atoms with E-state index in [1.807, 2.05) is 18.3 Å². The number of aryl methyl sites for hydroxylation is 3. The zero-order valence-electron chi connectivity index (χ0n) is 16.7. The van der Waals surface area contributed by atoms with Gasteiger partial charge in [0.15, 0.2) is 0 Å². The molecule has 1 aliphatic carbocycles. The first-order valence-electron chi connectivity index (χ1n) is 9.88. The number of benzene rings is 1. The highest BCUT2D eigenvalue weighted by Gasteiger charge is 2.20. The van der Waals surface area contributed by atoms with E-state index in [0.29, 0.717) is 12.2 Å². The van der Waals surface area contributed by atoms with E-state index in [0.717, 1.165) is 40.0 Å². The maximum Gasteiger partial charge on any atom is 0.337 e. The molecule has 0 aliphatic heterocycles. The van der Waals surface area contributed by atoms with Crippen LogP contribution in [0, 0.1) is 6.92 Å². The van der Waals surface area contributed by atoms with Crippen LogP contribution in [0.1, 0.15) is 45.9 Å². The van der Waals surface area contributed by atoms with Crippen LogP contribution in [0.15, 0.2) is 29.3 Å². The number of esters is 1. The lowest BCUT2D eigenvalue weighted by Crippen LogP contribution is -2.02. The summed E-state index contributed by atoms with van der Waals surface area (Å²) in [6.07, 6.45) is 5.80. The zero-order chi connectivity index (χ0) is 20.2. The standard InChI is InChI=1S/C22H24N2O3S2/c1-14-23-20(19-17-6-3-4-7-18(17)29-21(19)24-14)28-13-5-12-27-16-10-8-15(9-11-16)22(25)26-2/h8-11H,3-7,12-13H2,1-2H3. The molecule has 4 rings (SSSR count). The second-order valence-electron chi connectivity index (χ2n) is 7.03. The van der Waals surface area contributed by atoms with Crippen molar-refractivity contribution in [2.45, 2.75) is 44.1 Å². The predicted molar refractivity (Wildman–Crippen MR) is 117 cm³/mol. The van der Waals surface area contributed by atoms with Crippen molar-refractivity contribution < 1.29 is 14.3 Å². The maximum absolute atomic E-state index is 11.5. The Hall–Kier alpha value is -2.12. The van der Waals surface area contributed by atoms with E-state index < -0.39 is 0 Å². The fourth-order valence-corrected chi connectivity index (χ4v) is 5.94. The lowest BCUT2D eigenvalue weighted by atomic mass is 9.97. The summed E-state index contributed by atoms with van der Waals surface area (Å²) in [5, 5.41) is 2.41. The van der Waals surface area contributed by atoms with Crippen molar-refractivity contribution in [3.05, 3.63) is 46.1 Å². The Morgan fingerprint density at radius 2 is 1.97 bits per heavy atom. The van der Waals surface area contributed by atoms with Crippen molar-refractivity contribution in [2.24, 2.45) is 0 Å². The van der Waals surface area contributed by atoms with Crippen LogP contribution >= 0.6 is 23.1 Å². The van der Waals surface area contributed by atoms with Crippen molar-refractivity contribution in [2.75, 3.05) is 19.5 Å². The molecule has 0 fully saturated rings. The van der Waals surface area contributed by atoms with Crippen LogP contribution in [0.4, 0.5) is 0 Å². The minimum Gasteiger partial charge on any atom is -0.494 e. The minimum absolute atomic E-state index is 0.338. The molecule has 0 spiro atoms. The van der Waals surface area contributed by atoms with E-state index in [-0.39, 0.29) is 5.97 Å². The number of carbonyl (C=O) groups is 1. The lowest BCUT2D eigenvalue weighted by molar-refractivity contribution is 0.0600. The minimum atomic E-state index is -0.338.